The van der Waals surface area contributed by atoms with Crippen LogP contribution in [0.1, 0.15) is 18.4 Å². The molecule has 0 atom stereocenters. The molecule has 166 valence electrons. The number of alkyl halides is 2. The molecule has 7 nitrogen and oxygen atoms in total. The number of halogens is 2. The number of rotatable bonds is 6. The number of nitrogens with zero attached hydrogens (tertiary/aromatic N) is 4. The van der Waals surface area contributed by atoms with Crippen LogP contribution in [0, 0.1) is 0 Å². The van der Waals surface area contributed by atoms with E-state index in [4.69, 9.17) is 16.2 Å². The van der Waals surface area contributed by atoms with Crippen LogP contribution in [0.3, 0.4) is 0 Å². The Labute approximate surface area is 177 Å². The Morgan fingerprint density at radius 2 is 1.83 bits per heavy atom. The second-order valence-corrected chi connectivity index (χ2v) is 7.85. The van der Waals surface area contributed by atoms with Gasteiger partial charge in [0.05, 0.1) is 12.8 Å². The van der Waals surface area contributed by atoms with Gasteiger partial charge in [0.2, 0.25) is 0 Å². The smallest absolute Gasteiger partial charge is 0.331 e. The first-order valence-corrected chi connectivity index (χ1v) is 10.3. The van der Waals surface area contributed by atoms with Gasteiger partial charge in [-0.3, -0.25) is 4.90 Å². The SMILES string of the molecule is COc1cc(N2CCC(N3CCN(C)CC3)CC2)c(C(C=NC(F)F)=CN)cc1N. The van der Waals surface area contributed by atoms with Crippen molar-refractivity contribution in [3.8, 4) is 5.75 Å². The molecule has 30 heavy (non-hydrogen) atoms. The second kappa shape index (κ2) is 10.1. The molecular weight excluding hydrogens is 390 g/mol. The van der Waals surface area contributed by atoms with Gasteiger partial charge in [0, 0.05) is 80.6 Å². The number of aliphatic imine (C=N–C) groups is 1. The average Bonchev–Trinajstić information content (AvgIpc) is 2.75. The fourth-order valence-corrected chi connectivity index (χ4v) is 4.25. The predicted molar refractivity (Wildman–Crippen MR) is 118 cm³/mol. The van der Waals surface area contributed by atoms with E-state index in [1.54, 1.807) is 13.2 Å². The van der Waals surface area contributed by atoms with E-state index in [0.717, 1.165) is 64.0 Å². The number of piperazine rings is 1. The third-order valence-corrected chi connectivity index (χ3v) is 6.02. The Morgan fingerprint density at radius 3 is 2.40 bits per heavy atom. The van der Waals surface area contributed by atoms with E-state index in [1.807, 2.05) is 6.07 Å². The lowest BCUT2D eigenvalue weighted by Gasteiger charge is -2.43. The number of hydrogen-bond donors (Lipinski definition) is 2. The van der Waals surface area contributed by atoms with Gasteiger partial charge in [-0.2, -0.15) is 8.78 Å². The van der Waals surface area contributed by atoms with Crippen molar-refractivity contribution >= 4 is 23.2 Å². The van der Waals surface area contributed by atoms with E-state index in [9.17, 15) is 8.78 Å². The van der Waals surface area contributed by atoms with Gasteiger partial charge >= 0.3 is 6.55 Å². The van der Waals surface area contributed by atoms with Crippen molar-refractivity contribution < 1.29 is 13.5 Å². The Hall–Kier alpha value is -2.39. The first kappa shape index (κ1) is 22.3. The molecule has 2 aliphatic rings. The van der Waals surface area contributed by atoms with Gasteiger partial charge in [-0.25, -0.2) is 4.99 Å². The zero-order chi connectivity index (χ0) is 21.7. The highest BCUT2D eigenvalue weighted by atomic mass is 19.3. The largest absolute Gasteiger partial charge is 0.495 e. The van der Waals surface area contributed by atoms with E-state index in [0.29, 0.717) is 28.6 Å². The van der Waals surface area contributed by atoms with Gasteiger partial charge < -0.3 is 26.0 Å². The van der Waals surface area contributed by atoms with Gasteiger partial charge in [-0.15, -0.1) is 0 Å². The molecule has 1 aromatic rings. The van der Waals surface area contributed by atoms with Crippen LogP contribution in [0.5, 0.6) is 5.75 Å². The number of likely N-dealkylation sites (N-methyl/N-ethyl adjacent to an activating group) is 1. The van der Waals surface area contributed by atoms with Crippen LogP contribution in [0.25, 0.3) is 5.57 Å². The molecule has 0 amide bonds. The lowest BCUT2D eigenvalue weighted by Crippen LogP contribution is -2.52. The average molecular weight is 423 g/mol. The van der Waals surface area contributed by atoms with E-state index in [1.165, 1.54) is 6.20 Å². The van der Waals surface area contributed by atoms with Crippen LogP contribution >= 0.6 is 0 Å². The summed E-state index contributed by atoms with van der Waals surface area (Å²) >= 11 is 0. The molecule has 0 spiro atoms. The quantitative estimate of drug-likeness (QED) is 0.415. The number of allylic oxidation sites excluding steroid dienone is 1. The maximum absolute atomic E-state index is 12.6. The van der Waals surface area contributed by atoms with Gasteiger partial charge in [0.25, 0.3) is 0 Å². The number of nitrogen functional groups attached to an aromatic ring is 1. The summed E-state index contributed by atoms with van der Waals surface area (Å²) in [5.74, 6) is 0.553. The topological polar surface area (TPSA) is 83.3 Å². The molecule has 0 unspecified atom stereocenters. The van der Waals surface area contributed by atoms with Crippen molar-refractivity contribution in [1.82, 2.24) is 9.80 Å². The van der Waals surface area contributed by atoms with Crippen LogP contribution in [-0.2, 0) is 0 Å². The maximum Gasteiger partial charge on any atom is 0.331 e. The minimum absolute atomic E-state index is 0.404. The van der Waals surface area contributed by atoms with Crippen LogP contribution in [-0.4, -0.2) is 82.0 Å². The zero-order valence-electron chi connectivity index (χ0n) is 17.7. The van der Waals surface area contributed by atoms with Gasteiger partial charge in [-0.05, 0) is 26.0 Å². The lowest BCUT2D eigenvalue weighted by atomic mass is 9.98. The third-order valence-electron chi connectivity index (χ3n) is 6.02. The Balaban J connectivity index is 1.81. The van der Waals surface area contributed by atoms with Crippen LogP contribution in [0.15, 0.2) is 23.3 Å². The molecule has 2 aliphatic heterocycles. The van der Waals surface area contributed by atoms with Gasteiger partial charge in [0.1, 0.15) is 5.75 Å². The summed E-state index contributed by atoms with van der Waals surface area (Å²) in [6.45, 7) is 3.35. The summed E-state index contributed by atoms with van der Waals surface area (Å²) in [6.07, 6.45) is 4.48. The summed E-state index contributed by atoms with van der Waals surface area (Å²) in [5, 5.41) is 0. The molecule has 2 heterocycles. The highest BCUT2D eigenvalue weighted by molar-refractivity contribution is 6.12. The van der Waals surface area contributed by atoms with Gasteiger partial charge in [0.15, 0.2) is 0 Å². The normalized spacial score (nSPS) is 20.4. The molecule has 0 radical (unpaired) electrons. The highest BCUT2D eigenvalue weighted by Gasteiger charge is 2.28. The van der Waals surface area contributed by atoms with Crippen LogP contribution in [0.2, 0.25) is 0 Å². The van der Waals surface area contributed by atoms with Crippen LogP contribution < -0.4 is 21.1 Å². The van der Waals surface area contributed by atoms with Crippen molar-refractivity contribution in [2.45, 2.75) is 25.4 Å². The molecule has 2 saturated heterocycles. The molecule has 0 bridgehead atoms. The summed E-state index contributed by atoms with van der Waals surface area (Å²) in [5.41, 5.74) is 14.2. The molecule has 1 aromatic carbocycles. The second-order valence-electron chi connectivity index (χ2n) is 7.85. The minimum Gasteiger partial charge on any atom is -0.495 e. The standard InChI is InChI=1S/C21H32F2N6O/c1-27-7-9-28(10-8-27)16-3-5-29(6-4-16)19-12-20(30-2)18(25)11-17(19)15(13-24)14-26-21(22)23/h11-14,16,21H,3-10,24-25H2,1-2H3. The molecule has 0 aromatic heterocycles. The Kier molecular flexibility index (Phi) is 7.49. The number of piperidine rings is 1. The van der Waals surface area contributed by atoms with Crippen molar-refractivity contribution in [2.24, 2.45) is 10.7 Å². The third kappa shape index (κ3) is 5.20. The molecule has 4 N–H and O–H groups in total. The van der Waals surface area contributed by atoms with Crippen molar-refractivity contribution in [1.29, 1.82) is 0 Å². The number of methoxy groups -OCH3 is 1. The van der Waals surface area contributed by atoms with E-state index < -0.39 is 6.55 Å². The Morgan fingerprint density at radius 1 is 1.17 bits per heavy atom. The highest BCUT2D eigenvalue weighted by Crippen LogP contribution is 2.36. The number of ether oxygens (including phenoxy) is 1. The van der Waals surface area contributed by atoms with Crippen molar-refractivity contribution in [3.05, 3.63) is 23.9 Å². The van der Waals surface area contributed by atoms with E-state index in [2.05, 4.69) is 26.7 Å². The number of hydrogen-bond acceptors (Lipinski definition) is 7. The predicted octanol–water partition coefficient (Wildman–Crippen LogP) is 2.09. The molecule has 0 aliphatic carbocycles. The zero-order valence-corrected chi connectivity index (χ0v) is 17.7. The van der Waals surface area contributed by atoms with E-state index in [-0.39, 0.29) is 0 Å². The minimum atomic E-state index is -2.79. The number of anilines is 2. The molecule has 0 saturated carbocycles. The number of nitrogens with two attached hydrogens (primary N) is 2. The summed E-state index contributed by atoms with van der Waals surface area (Å²) in [7, 11) is 3.72. The summed E-state index contributed by atoms with van der Waals surface area (Å²) < 4.78 is 30.6. The fourth-order valence-electron chi connectivity index (χ4n) is 4.25. The monoisotopic (exact) mass is 422 g/mol. The maximum atomic E-state index is 12.6. The van der Waals surface area contributed by atoms with Crippen molar-refractivity contribution in [3.63, 3.8) is 0 Å². The summed E-state index contributed by atoms with van der Waals surface area (Å²) in [4.78, 5) is 10.4. The summed E-state index contributed by atoms with van der Waals surface area (Å²) in [6, 6.07) is 4.15. The molecule has 3 rings (SSSR count). The van der Waals surface area contributed by atoms with E-state index >= 15 is 0 Å². The fraction of sp³-hybridized carbons (Fsp3) is 0.571. The Bertz CT molecular complexity index is 769. The molecular formula is C21H32F2N6O. The van der Waals surface area contributed by atoms with Crippen LogP contribution in [0.4, 0.5) is 20.2 Å². The number of benzene rings is 1. The van der Waals surface area contributed by atoms with Gasteiger partial charge in [-0.1, -0.05) is 0 Å². The molecule has 9 heteroatoms. The van der Waals surface area contributed by atoms with Crippen molar-refractivity contribution in [2.75, 3.05) is 64.1 Å². The lowest BCUT2D eigenvalue weighted by molar-refractivity contribution is 0.0982. The molecule has 2 fully saturated rings. The first-order chi connectivity index (χ1) is 14.4. The first-order valence-electron chi connectivity index (χ1n) is 10.3.